The summed E-state index contributed by atoms with van der Waals surface area (Å²) in [6.07, 6.45) is 0.404. The highest BCUT2D eigenvalue weighted by molar-refractivity contribution is 7.08. The van der Waals surface area contributed by atoms with E-state index >= 15 is 0 Å². The predicted molar refractivity (Wildman–Crippen MR) is 69.5 cm³/mol. The van der Waals surface area contributed by atoms with E-state index in [0.29, 0.717) is 6.42 Å². The molecule has 2 rings (SSSR count). The van der Waals surface area contributed by atoms with Gasteiger partial charge in [0.25, 0.3) is 0 Å². The summed E-state index contributed by atoms with van der Waals surface area (Å²) in [7, 11) is 1.74. The Morgan fingerprint density at radius 1 is 1.29 bits per heavy atom. The molecule has 88 valence electrons. The van der Waals surface area contributed by atoms with Gasteiger partial charge in [-0.15, -0.1) is 0 Å². The second kappa shape index (κ2) is 5.01. The lowest BCUT2D eigenvalue weighted by molar-refractivity contribution is -0.117. The number of hydrogen-bond donors (Lipinski definition) is 1. The van der Waals surface area contributed by atoms with Crippen LogP contribution in [0.1, 0.15) is 5.56 Å². The van der Waals surface area contributed by atoms with Gasteiger partial charge in [-0.2, -0.15) is 11.3 Å². The van der Waals surface area contributed by atoms with Gasteiger partial charge in [0.1, 0.15) is 5.75 Å². The molecule has 4 heteroatoms. The van der Waals surface area contributed by atoms with E-state index in [1.54, 1.807) is 47.5 Å². The zero-order valence-corrected chi connectivity index (χ0v) is 10.3. The summed E-state index contributed by atoms with van der Waals surface area (Å²) in [5.74, 6) is 0.238. The lowest BCUT2D eigenvalue weighted by Gasteiger charge is -2.17. The molecule has 1 amide bonds. The molecular formula is C13H13NO2S. The number of anilines is 1. The number of rotatable bonds is 3. The fraction of sp³-hybridized carbons (Fsp3) is 0.154. The van der Waals surface area contributed by atoms with E-state index in [9.17, 15) is 9.90 Å². The predicted octanol–water partition coefficient (Wildman–Crippen LogP) is 2.66. The van der Waals surface area contributed by atoms with E-state index in [0.717, 1.165) is 11.3 Å². The summed E-state index contributed by atoms with van der Waals surface area (Å²) in [6, 6.07) is 8.54. The van der Waals surface area contributed by atoms with Crippen LogP contribution in [0.25, 0.3) is 0 Å². The van der Waals surface area contributed by atoms with Gasteiger partial charge < -0.3 is 10.0 Å². The molecule has 1 aromatic heterocycles. The van der Waals surface area contributed by atoms with Crippen LogP contribution < -0.4 is 4.90 Å². The maximum atomic E-state index is 12.0. The summed E-state index contributed by atoms with van der Waals surface area (Å²) in [4.78, 5) is 13.6. The minimum Gasteiger partial charge on any atom is -0.508 e. The van der Waals surface area contributed by atoms with E-state index in [1.807, 2.05) is 16.8 Å². The van der Waals surface area contributed by atoms with E-state index in [1.165, 1.54) is 0 Å². The van der Waals surface area contributed by atoms with Crippen molar-refractivity contribution in [3.63, 3.8) is 0 Å². The number of carbonyl (C=O) groups excluding carboxylic acids is 1. The number of phenolic OH excluding ortho intramolecular Hbond substituents is 1. The molecule has 0 unspecified atom stereocenters. The van der Waals surface area contributed by atoms with Gasteiger partial charge in [-0.25, -0.2) is 0 Å². The van der Waals surface area contributed by atoms with Gasteiger partial charge in [0, 0.05) is 12.7 Å². The van der Waals surface area contributed by atoms with Gasteiger partial charge in [0.05, 0.1) is 6.42 Å². The van der Waals surface area contributed by atoms with E-state index in [2.05, 4.69) is 0 Å². The van der Waals surface area contributed by atoms with Crippen molar-refractivity contribution in [1.29, 1.82) is 0 Å². The van der Waals surface area contributed by atoms with Crippen molar-refractivity contribution >= 4 is 22.9 Å². The highest BCUT2D eigenvalue weighted by Gasteiger charge is 2.11. The summed E-state index contributed by atoms with van der Waals surface area (Å²) in [5.41, 5.74) is 1.81. The molecule has 2 aromatic rings. The van der Waals surface area contributed by atoms with Crippen molar-refractivity contribution in [1.82, 2.24) is 0 Å². The number of benzene rings is 1. The fourth-order valence-corrected chi connectivity index (χ4v) is 2.18. The number of thiophene rings is 1. The third kappa shape index (κ3) is 2.85. The Balaban J connectivity index is 2.07. The van der Waals surface area contributed by atoms with Crippen molar-refractivity contribution in [2.45, 2.75) is 6.42 Å². The molecule has 1 N–H and O–H groups in total. The molecule has 0 spiro atoms. The smallest absolute Gasteiger partial charge is 0.231 e. The van der Waals surface area contributed by atoms with Gasteiger partial charge >= 0.3 is 0 Å². The van der Waals surface area contributed by atoms with Gasteiger partial charge in [-0.1, -0.05) is 0 Å². The Kier molecular flexibility index (Phi) is 3.44. The van der Waals surface area contributed by atoms with E-state index in [4.69, 9.17) is 0 Å². The Labute approximate surface area is 104 Å². The highest BCUT2D eigenvalue weighted by Crippen LogP contribution is 2.18. The maximum absolute atomic E-state index is 12.0. The molecular weight excluding hydrogens is 234 g/mol. The molecule has 0 fully saturated rings. The van der Waals surface area contributed by atoms with Crippen LogP contribution in [-0.4, -0.2) is 18.1 Å². The summed E-state index contributed by atoms with van der Waals surface area (Å²) < 4.78 is 0. The number of carbonyl (C=O) groups is 1. The van der Waals surface area contributed by atoms with Gasteiger partial charge in [-0.3, -0.25) is 4.79 Å². The average molecular weight is 247 g/mol. The molecule has 0 atom stereocenters. The molecule has 1 heterocycles. The molecule has 0 aliphatic rings. The normalized spacial score (nSPS) is 10.2. The SMILES string of the molecule is CN(C(=O)Cc1ccsc1)c1ccc(O)cc1. The van der Waals surface area contributed by atoms with Crippen molar-refractivity contribution in [2.75, 3.05) is 11.9 Å². The highest BCUT2D eigenvalue weighted by atomic mass is 32.1. The fourth-order valence-electron chi connectivity index (χ4n) is 1.51. The van der Waals surface area contributed by atoms with Gasteiger partial charge in [-0.05, 0) is 46.7 Å². The first-order valence-electron chi connectivity index (χ1n) is 5.23. The topological polar surface area (TPSA) is 40.5 Å². The molecule has 0 saturated heterocycles. The molecule has 3 nitrogen and oxygen atoms in total. The first-order valence-corrected chi connectivity index (χ1v) is 6.18. The third-order valence-electron chi connectivity index (χ3n) is 2.55. The molecule has 0 aliphatic carbocycles. The third-order valence-corrected chi connectivity index (χ3v) is 3.28. The van der Waals surface area contributed by atoms with E-state index < -0.39 is 0 Å². The monoisotopic (exact) mass is 247 g/mol. The number of likely N-dealkylation sites (N-methyl/N-ethyl adjacent to an activating group) is 1. The van der Waals surface area contributed by atoms with Crippen LogP contribution in [0.4, 0.5) is 5.69 Å². The van der Waals surface area contributed by atoms with Crippen LogP contribution in [0.5, 0.6) is 5.75 Å². The van der Waals surface area contributed by atoms with Crippen LogP contribution in [0, 0.1) is 0 Å². The Morgan fingerprint density at radius 3 is 2.59 bits per heavy atom. The number of hydrogen-bond acceptors (Lipinski definition) is 3. The summed E-state index contributed by atoms with van der Waals surface area (Å²) >= 11 is 1.59. The number of nitrogens with zero attached hydrogens (tertiary/aromatic N) is 1. The molecule has 17 heavy (non-hydrogen) atoms. The Morgan fingerprint density at radius 2 is 2.00 bits per heavy atom. The summed E-state index contributed by atoms with van der Waals surface area (Å²) in [6.45, 7) is 0. The number of amides is 1. The Bertz CT molecular complexity index is 491. The average Bonchev–Trinajstić information content (AvgIpc) is 2.82. The quantitative estimate of drug-likeness (QED) is 0.905. The van der Waals surface area contributed by atoms with Gasteiger partial charge in [0.2, 0.25) is 5.91 Å². The van der Waals surface area contributed by atoms with Gasteiger partial charge in [0.15, 0.2) is 0 Å². The van der Waals surface area contributed by atoms with Crippen LogP contribution in [0.2, 0.25) is 0 Å². The van der Waals surface area contributed by atoms with E-state index in [-0.39, 0.29) is 11.7 Å². The maximum Gasteiger partial charge on any atom is 0.231 e. The second-order valence-corrected chi connectivity index (χ2v) is 4.56. The Hall–Kier alpha value is -1.81. The minimum absolute atomic E-state index is 0.0362. The molecule has 0 aliphatic heterocycles. The van der Waals surface area contributed by atoms with Crippen molar-refractivity contribution in [3.05, 3.63) is 46.7 Å². The molecule has 0 saturated carbocycles. The standard InChI is InChI=1S/C13H13NO2S/c1-14(11-2-4-12(15)5-3-11)13(16)8-10-6-7-17-9-10/h2-7,9,15H,8H2,1H3. The minimum atomic E-state index is 0.0362. The lowest BCUT2D eigenvalue weighted by Crippen LogP contribution is -2.27. The van der Waals surface area contributed by atoms with Crippen molar-refractivity contribution in [2.24, 2.45) is 0 Å². The molecule has 1 aromatic carbocycles. The molecule has 0 bridgehead atoms. The molecule has 0 radical (unpaired) electrons. The van der Waals surface area contributed by atoms with Crippen LogP contribution in [0.15, 0.2) is 41.1 Å². The summed E-state index contributed by atoms with van der Waals surface area (Å²) in [5, 5.41) is 13.1. The number of phenols is 1. The van der Waals surface area contributed by atoms with Crippen LogP contribution in [-0.2, 0) is 11.2 Å². The lowest BCUT2D eigenvalue weighted by atomic mass is 10.2. The second-order valence-electron chi connectivity index (χ2n) is 3.78. The van der Waals surface area contributed by atoms with Crippen molar-refractivity contribution in [3.8, 4) is 5.75 Å². The first-order chi connectivity index (χ1) is 8.16. The zero-order valence-electron chi connectivity index (χ0n) is 9.46. The van der Waals surface area contributed by atoms with Crippen LogP contribution in [0.3, 0.4) is 0 Å². The first kappa shape index (κ1) is 11.7. The zero-order chi connectivity index (χ0) is 12.3. The largest absolute Gasteiger partial charge is 0.508 e. The van der Waals surface area contributed by atoms with Crippen molar-refractivity contribution < 1.29 is 9.90 Å². The van der Waals surface area contributed by atoms with Crippen LogP contribution >= 0.6 is 11.3 Å². The number of aromatic hydroxyl groups is 1.